The van der Waals surface area contributed by atoms with E-state index in [1.165, 1.54) is 13.2 Å². The van der Waals surface area contributed by atoms with Gasteiger partial charge in [0.05, 0.1) is 18.2 Å². The van der Waals surface area contributed by atoms with Crippen LogP contribution in [0.2, 0.25) is 0 Å². The molecule has 0 bridgehead atoms. The fourth-order valence-corrected chi connectivity index (χ4v) is 2.61. The number of ether oxygens (including phenoxy) is 1. The van der Waals surface area contributed by atoms with E-state index < -0.39 is 5.78 Å². The summed E-state index contributed by atoms with van der Waals surface area (Å²) in [4.78, 5) is 25.2. The van der Waals surface area contributed by atoms with Crippen molar-refractivity contribution in [3.8, 4) is 11.5 Å². The first-order chi connectivity index (χ1) is 10.1. The van der Waals surface area contributed by atoms with Gasteiger partial charge in [-0.3, -0.25) is 9.59 Å². The van der Waals surface area contributed by atoms with E-state index in [0.717, 1.165) is 0 Å². The Morgan fingerprint density at radius 2 is 1.76 bits per heavy atom. The maximum atomic E-state index is 12.7. The third-order valence-electron chi connectivity index (χ3n) is 3.67. The lowest BCUT2D eigenvalue weighted by molar-refractivity contribution is 0.0974. The van der Waals surface area contributed by atoms with Crippen LogP contribution in [0.25, 0.3) is 0 Å². The Morgan fingerprint density at radius 1 is 1.05 bits per heavy atom. The van der Waals surface area contributed by atoms with Gasteiger partial charge in [-0.25, -0.2) is 0 Å². The van der Waals surface area contributed by atoms with Gasteiger partial charge in [-0.15, -0.1) is 0 Å². The van der Waals surface area contributed by atoms with Crippen LogP contribution >= 0.6 is 0 Å². The van der Waals surface area contributed by atoms with Gasteiger partial charge >= 0.3 is 0 Å². The molecule has 1 aliphatic carbocycles. The number of hydrogen-bond donors (Lipinski definition) is 2. The van der Waals surface area contributed by atoms with Gasteiger partial charge in [-0.05, 0) is 12.1 Å². The third kappa shape index (κ3) is 1.75. The zero-order chi connectivity index (χ0) is 15.1. The molecule has 3 rings (SSSR count). The van der Waals surface area contributed by atoms with E-state index in [1.54, 1.807) is 24.3 Å². The fourth-order valence-electron chi connectivity index (χ4n) is 2.61. The fraction of sp³-hybridized carbons (Fsp3) is 0.125. The molecule has 0 aromatic heterocycles. The molecule has 5 heteroatoms. The number of methoxy groups -OCH3 is 1. The molecule has 106 valence electrons. The van der Waals surface area contributed by atoms with Crippen molar-refractivity contribution in [2.75, 3.05) is 7.11 Å². The molecule has 0 fully saturated rings. The Kier molecular flexibility index (Phi) is 2.99. The third-order valence-corrected chi connectivity index (χ3v) is 3.67. The number of phenols is 1. The second-order valence-electron chi connectivity index (χ2n) is 4.74. The molecule has 0 aliphatic heterocycles. The van der Waals surface area contributed by atoms with Crippen LogP contribution in [0, 0.1) is 0 Å². The summed E-state index contributed by atoms with van der Waals surface area (Å²) in [6, 6.07) is 7.93. The first-order valence-corrected chi connectivity index (χ1v) is 6.41. The lowest BCUT2D eigenvalue weighted by Crippen LogP contribution is -2.22. The molecule has 21 heavy (non-hydrogen) atoms. The topological polar surface area (TPSA) is 89.6 Å². The maximum Gasteiger partial charge on any atom is 0.201 e. The van der Waals surface area contributed by atoms with E-state index >= 15 is 0 Å². The molecule has 0 spiro atoms. The number of benzene rings is 2. The summed E-state index contributed by atoms with van der Waals surface area (Å²) < 4.78 is 5.16. The first kappa shape index (κ1) is 13.3. The summed E-state index contributed by atoms with van der Waals surface area (Å²) in [5.41, 5.74) is 6.61. The van der Waals surface area contributed by atoms with Crippen molar-refractivity contribution in [3.05, 3.63) is 58.1 Å². The van der Waals surface area contributed by atoms with Crippen molar-refractivity contribution in [2.24, 2.45) is 5.73 Å². The monoisotopic (exact) mass is 283 g/mol. The van der Waals surface area contributed by atoms with Crippen molar-refractivity contribution in [1.82, 2.24) is 0 Å². The van der Waals surface area contributed by atoms with Gasteiger partial charge in [0.2, 0.25) is 5.78 Å². The number of carbonyl (C=O) groups is 2. The lowest BCUT2D eigenvalue weighted by atomic mass is 9.82. The molecule has 1 aliphatic rings. The number of carbonyl (C=O) groups excluding carboxylic acids is 2. The zero-order valence-electron chi connectivity index (χ0n) is 11.3. The number of nitrogens with two attached hydrogens (primary N) is 1. The van der Waals surface area contributed by atoms with Crippen molar-refractivity contribution in [3.63, 3.8) is 0 Å². The molecule has 0 amide bonds. The molecule has 3 N–H and O–H groups in total. The van der Waals surface area contributed by atoms with Crippen LogP contribution in [0.3, 0.4) is 0 Å². The summed E-state index contributed by atoms with van der Waals surface area (Å²) in [5, 5.41) is 10.2. The van der Waals surface area contributed by atoms with Gasteiger partial charge in [0.1, 0.15) is 11.5 Å². The molecular formula is C16H13NO4. The lowest BCUT2D eigenvalue weighted by Gasteiger charge is -2.21. The standard InChI is InChI=1S/C16H13NO4/c1-21-11-4-2-3-9-12(11)16(20)13-10(15(9)19)6-5-8(7-17)14(13)18/h2-6,18H,7,17H2,1H3. The minimum atomic E-state index is -0.426. The highest BCUT2D eigenvalue weighted by molar-refractivity contribution is 6.30. The molecule has 0 radical (unpaired) electrons. The van der Waals surface area contributed by atoms with E-state index in [4.69, 9.17) is 10.5 Å². The highest BCUT2D eigenvalue weighted by atomic mass is 16.5. The molecule has 0 heterocycles. The van der Waals surface area contributed by atoms with E-state index in [1.807, 2.05) is 0 Å². The van der Waals surface area contributed by atoms with Gasteiger partial charge in [-0.2, -0.15) is 0 Å². The zero-order valence-corrected chi connectivity index (χ0v) is 11.3. The van der Waals surface area contributed by atoms with Gasteiger partial charge in [-0.1, -0.05) is 18.2 Å². The molecule has 0 atom stereocenters. The van der Waals surface area contributed by atoms with E-state index in [9.17, 15) is 14.7 Å². The van der Waals surface area contributed by atoms with Crippen LogP contribution in [0.1, 0.15) is 37.4 Å². The summed E-state index contributed by atoms with van der Waals surface area (Å²) in [7, 11) is 1.43. The number of hydrogen-bond acceptors (Lipinski definition) is 5. The van der Waals surface area contributed by atoms with E-state index in [0.29, 0.717) is 11.3 Å². The van der Waals surface area contributed by atoms with Crippen molar-refractivity contribution in [1.29, 1.82) is 0 Å². The van der Waals surface area contributed by atoms with Crippen LogP contribution in [0.4, 0.5) is 0 Å². The van der Waals surface area contributed by atoms with Crippen molar-refractivity contribution < 1.29 is 19.4 Å². The van der Waals surface area contributed by atoms with Crippen LogP contribution < -0.4 is 10.5 Å². The summed E-state index contributed by atoms with van der Waals surface area (Å²) >= 11 is 0. The summed E-state index contributed by atoms with van der Waals surface area (Å²) in [6.45, 7) is 0.0827. The van der Waals surface area contributed by atoms with Crippen LogP contribution in [-0.2, 0) is 6.54 Å². The second-order valence-corrected chi connectivity index (χ2v) is 4.74. The smallest absolute Gasteiger partial charge is 0.201 e. The maximum absolute atomic E-state index is 12.7. The molecule has 2 aromatic carbocycles. The largest absolute Gasteiger partial charge is 0.507 e. The SMILES string of the molecule is COc1cccc2c1C(=O)c1c(ccc(CN)c1O)C2=O. The van der Waals surface area contributed by atoms with Gasteiger partial charge in [0.15, 0.2) is 5.78 Å². The minimum Gasteiger partial charge on any atom is -0.507 e. The van der Waals surface area contributed by atoms with Gasteiger partial charge in [0.25, 0.3) is 0 Å². The van der Waals surface area contributed by atoms with Crippen molar-refractivity contribution in [2.45, 2.75) is 6.54 Å². The predicted molar refractivity (Wildman–Crippen MR) is 75.9 cm³/mol. The summed E-state index contributed by atoms with van der Waals surface area (Å²) in [5.74, 6) is -0.652. The average Bonchev–Trinajstić information content (AvgIpc) is 2.51. The normalized spacial score (nSPS) is 12.9. The predicted octanol–water partition coefficient (Wildman–Crippen LogP) is 1.63. The Hall–Kier alpha value is -2.66. The molecule has 0 saturated heterocycles. The van der Waals surface area contributed by atoms with Crippen LogP contribution in [0.5, 0.6) is 11.5 Å². The average molecular weight is 283 g/mol. The summed E-state index contributed by atoms with van der Waals surface area (Å²) in [6.07, 6.45) is 0. The Bertz CT molecular complexity index is 780. The van der Waals surface area contributed by atoms with E-state index in [-0.39, 0.29) is 40.3 Å². The van der Waals surface area contributed by atoms with E-state index in [2.05, 4.69) is 0 Å². The number of ketones is 2. The number of phenolic OH excluding ortho intramolecular Hbond substituents is 1. The number of rotatable bonds is 2. The Labute approximate surface area is 121 Å². The highest BCUT2D eigenvalue weighted by Crippen LogP contribution is 2.38. The Morgan fingerprint density at radius 3 is 2.43 bits per heavy atom. The molecular weight excluding hydrogens is 270 g/mol. The molecule has 0 unspecified atom stereocenters. The minimum absolute atomic E-state index is 0.0000463. The molecule has 2 aromatic rings. The Balaban J connectivity index is 2.34. The quantitative estimate of drug-likeness (QED) is 0.746. The highest BCUT2D eigenvalue weighted by Gasteiger charge is 2.34. The number of aromatic hydroxyl groups is 1. The molecule has 0 saturated carbocycles. The first-order valence-electron chi connectivity index (χ1n) is 6.41. The molecule has 5 nitrogen and oxygen atoms in total. The van der Waals surface area contributed by atoms with Crippen LogP contribution in [-0.4, -0.2) is 23.8 Å². The van der Waals surface area contributed by atoms with Gasteiger partial charge in [0, 0.05) is 23.2 Å². The second kappa shape index (κ2) is 4.71. The van der Waals surface area contributed by atoms with Gasteiger partial charge < -0.3 is 15.6 Å². The van der Waals surface area contributed by atoms with Crippen molar-refractivity contribution >= 4 is 11.6 Å². The number of fused-ring (bicyclic) bond motifs is 2. The van der Waals surface area contributed by atoms with Crippen LogP contribution in [0.15, 0.2) is 30.3 Å².